The van der Waals surface area contributed by atoms with Crippen LogP contribution in [0.3, 0.4) is 0 Å². The molecule has 0 fully saturated rings. The second-order valence-electron chi connectivity index (χ2n) is 2.71. The minimum Gasteiger partial charge on any atom is -0.242 e. The summed E-state index contributed by atoms with van der Waals surface area (Å²) in [4.78, 5) is 0. The van der Waals surface area contributed by atoms with Crippen molar-refractivity contribution in [1.82, 2.24) is 0 Å². The Morgan fingerprint density at radius 3 is 2.20 bits per heavy atom. The zero-order chi connectivity index (χ0) is 7.28. The summed E-state index contributed by atoms with van der Waals surface area (Å²) < 4.78 is 0. The molecule has 10 heavy (non-hydrogen) atoms. The van der Waals surface area contributed by atoms with Gasteiger partial charge in [0.15, 0.2) is 0 Å². The van der Waals surface area contributed by atoms with Gasteiger partial charge in [-0.25, -0.2) is 18.1 Å². The number of unbranched alkanes of at least 4 members (excludes halogenated alkanes) is 1. The van der Waals surface area contributed by atoms with Gasteiger partial charge >= 0.3 is 0 Å². The van der Waals surface area contributed by atoms with Crippen LogP contribution in [0.1, 0.15) is 40.0 Å². The fourth-order valence-corrected chi connectivity index (χ4v) is 0.640. The van der Waals surface area contributed by atoms with Gasteiger partial charge in [0.25, 0.3) is 0 Å². The van der Waals surface area contributed by atoms with E-state index in [1.54, 1.807) is 0 Å². The predicted molar refractivity (Wildman–Crippen MR) is 43.3 cm³/mol. The average molecular weight is 214 g/mol. The topological polar surface area (TPSA) is 0 Å². The minimum absolute atomic E-state index is 0. The number of rotatable bonds is 4. The largest absolute Gasteiger partial charge is 0.242 e. The Hall–Kier alpha value is 0.714. The van der Waals surface area contributed by atoms with E-state index in [4.69, 9.17) is 0 Å². The molecule has 0 aliphatic rings. The molecule has 0 spiro atoms. The quantitative estimate of drug-likeness (QED) is 0.629. The molecule has 0 unspecified atom stereocenters. The Labute approximate surface area is 90.4 Å². The summed E-state index contributed by atoms with van der Waals surface area (Å²) in [6.07, 6.45) is 3.73. The zero-order valence-corrected chi connectivity index (χ0v) is 10.2. The van der Waals surface area contributed by atoms with Gasteiger partial charge in [0.2, 0.25) is 0 Å². The summed E-state index contributed by atoms with van der Waals surface area (Å²) in [5.74, 6) is 1.38. The van der Waals surface area contributed by atoms with Gasteiger partial charge in [0.1, 0.15) is 0 Å². The number of hydrogen-bond acceptors (Lipinski definition) is 0. The van der Waals surface area contributed by atoms with E-state index in [-0.39, 0.29) is 32.7 Å². The Kier molecular flexibility index (Phi) is 10.4. The van der Waals surface area contributed by atoms with E-state index in [1.807, 2.05) is 0 Å². The van der Waals surface area contributed by atoms with Crippen LogP contribution in [0.2, 0.25) is 0 Å². The maximum atomic E-state index is 3.95. The van der Waals surface area contributed by atoms with Gasteiger partial charge in [-0.3, -0.25) is 0 Å². The molecule has 0 N–H and O–H groups in total. The summed E-state index contributed by atoms with van der Waals surface area (Å²) in [6.45, 7) is 10.4. The van der Waals surface area contributed by atoms with Crippen molar-refractivity contribution in [3.63, 3.8) is 0 Å². The molecule has 0 aliphatic carbocycles. The summed E-state index contributed by atoms with van der Waals surface area (Å²) in [7, 11) is 0. The molecule has 0 saturated heterocycles. The standard InChI is InChI=1S/C9H17.Y/c1-5-6-7-9(4)8(2)3;/h4-7H2,1-3H3;/q-1;. The van der Waals surface area contributed by atoms with Crippen molar-refractivity contribution in [3.05, 3.63) is 18.1 Å². The third kappa shape index (κ3) is 6.83. The summed E-state index contributed by atoms with van der Waals surface area (Å²) in [6, 6.07) is 0. The smallest absolute Gasteiger partial charge is 0 e. The normalized spacial score (nSPS) is 8.30. The van der Waals surface area contributed by atoms with Crippen molar-refractivity contribution in [3.8, 4) is 0 Å². The summed E-state index contributed by atoms with van der Waals surface area (Å²) >= 11 is 0. The van der Waals surface area contributed by atoms with E-state index < -0.39 is 0 Å². The second kappa shape index (κ2) is 7.82. The second-order valence-corrected chi connectivity index (χ2v) is 2.71. The van der Waals surface area contributed by atoms with Crippen molar-refractivity contribution in [2.24, 2.45) is 0 Å². The zero-order valence-electron chi connectivity index (χ0n) is 7.41. The van der Waals surface area contributed by atoms with Crippen LogP contribution in [0.4, 0.5) is 0 Å². The van der Waals surface area contributed by atoms with E-state index in [0.717, 1.165) is 0 Å². The Bertz CT molecular complexity index is 84.7. The molecule has 0 rings (SSSR count). The van der Waals surface area contributed by atoms with Gasteiger partial charge in [0.05, 0.1) is 0 Å². The predicted octanol–water partition coefficient (Wildman–Crippen LogP) is 3.34. The van der Waals surface area contributed by atoms with Gasteiger partial charge in [-0.2, -0.15) is 0 Å². The van der Waals surface area contributed by atoms with Crippen molar-refractivity contribution < 1.29 is 32.7 Å². The maximum Gasteiger partial charge on any atom is 0 e. The number of hydrogen-bond donors (Lipinski definition) is 0. The molecule has 1 heteroatoms. The van der Waals surface area contributed by atoms with E-state index in [0.29, 0.717) is 0 Å². The van der Waals surface area contributed by atoms with Gasteiger partial charge in [-0.05, 0) is 0 Å². The molecular formula is C9H17Y-. The van der Waals surface area contributed by atoms with E-state index in [9.17, 15) is 0 Å². The van der Waals surface area contributed by atoms with Crippen LogP contribution < -0.4 is 0 Å². The molecule has 0 heterocycles. The first-order valence-electron chi connectivity index (χ1n) is 3.66. The van der Waals surface area contributed by atoms with Crippen molar-refractivity contribution >= 4 is 0 Å². The maximum absolute atomic E-state index is 3.95. The fourth-order valence-electron chi connectivity index (χ4n) is 0.640. The summed E-state index contributed by atoms with van der Waals surface area (Å²) in [5, 5.41) is 0. The van der Waals surface area contributed by atoms with Crippen LogP contribution in [0.5, 0.6) is 0 Å². The first-order valence-corrected chi connectivity index (χ1v) is 3.66. The third-order valence-electron chi connectivity index (χ3n) is 1.54. The summed E-state index contributed by atoms with van der Waals surface area (Å²) in [5.41, 5.74) is 1.32. The van der Waals surface area contributed by atoms with Gasteiger partial charge in [0, 0.05) is 32.7 Å². The van der Waals surface area contributed by atoms with E-state index >= 15 is 0 Å². The Morgan fingerprint density at radius 2 is 1.90 bits per heavy atom. The van der Waals surface area contributed by atoms with Crippen LogP contribution in [0.25, 0.3) is 0 Å². The molecule has 0 aromatic rings. The van der Waals surface area contributed by atoms with E-state index in [1.165, 1.54) is 30.8 Å². The average Bonchev–Trinajstić information content (AvgIpc) is 1.82. The Morgan fingerprint density at radius 1 is 1.40 bits per heavy atom. The van der Waals surface area contributed by atoms with E-state index in [2.05, 4.69) is 27.4 Å². The molecule has 0 atom stereocenters. The monoisotopic (exact) mass is 214 g/mol. The fraction of sp³-hybridized carbons (Fsp3) is 0.667. The molecule has 0 amide bonds. The van der Waals surface area contributed by atoms with Crippen molar-refractivity contribution in [1.29, 1.82) is 0 Å². The molecule has 57 valence electrons. The van der Waals surface area contributed by atoms with Crippen LogP contribution in [-0.2, 0) is 32.7 Å². The van der Waals surface area contributed by atoms with Gasteiger partial charge in [-0.1, -0.05) is 26.2 Å². The van der Waals surface area contributed by atoms with Gasteiger partial charge < -0.3 is 0 Å². The van der Waals surface area contributed by atoms with Gasteiger partial charge in [-0.15, -0.1) is 13.8 Å². The van der Waals surface area contributed by atoms with Crippen LogP contribution in [-0.4, -0.2) is 0 Å². The third-order valence-corrected chi connectivity index (χ3v) is 1.54. The molecule has 0 aromatic heterocycles. The van der Waals surface area contributed by atoms with Crippen molar-refractivity contribution in [2.75, 3.05) is 0 Å². The Balaban J connectivity index is 0. The number of allylic oxidation sites excluding steroid dienone is 1. The van der Waals surface area contributed by atoms with Crippen LogP contribution in [0.15, 0.2) is 12.2 Å². The van der Waals surface area contributed by atoms with Crippen LogP contribution in [0, 0.1) is 5.92 Å². The first kappa shape index (κ1) is 13.3. The molecule has 0 aromatic carbocycles. The molecule has 0 aliphatic heterocycles. The van der Waals surface area contributed by atoms with Crippen molar-refractivity contribution in [2.45, 2.75) is 40.0 Å². The molecule has 0 saturated carbocycles. The van der Waals surface area contributed by atoms with Crippen LogP contribution >= 0.6 is 0 Å². The first-order chi connectivity index (χ1) is 4.18. The molecule has 1 radical (unpaired) electrons. The molecule has 0 bridgehead atoms. The SMILES string of the molecule is C=C(CCCC)[C-](C)C.[Y]. The molecular weight excluding hydrogens is 197 g/mol. The minimum atomic E-state index is 0. The molecule has 0 nitrogen and oxygen atoms in total.